The Morgan fingerprint density at radius 3 is 2.65 bits per heavy atom. The fraction of sp³-hybridized carbons (Fsp3) is 0.600. The van der Waals surface area contributed by atoms with E-state index >= 15 is 0 Å². The summed E-state index contributed by atoms with van der Waals surface area (Å²) in [6, 6.07) is 0. The summed E-state index contributed by atoms with van der Waals surface area (Å²) >= 11 is 0. The number of hydroxylamine groups is 2. The zero-order valence-electron chi connectivity index (χ0n) is 11.7. The van der Waals surface area contributed by atoms with Gasteiger partial charge < -0.3 is 0 Å². The van der Waals surface area contributed by atoms with Crippen LogP contribution in [0.4, 0.5) is 0 Å². The van der Waals surface area contributed by atoms with Gasteiger partial charge in [0.1, 0.15) is 0 Å². The Kier molecular flexibility index (Phi) is 4.58. The van der Waals surface area contributed by atoms with Crippen molar-refractivity contribution in [2.45, 2.75) is 52.5 Å². The first-order valence-electron chi connectivity index (χ1n) is 6.26. The van der Waals surface area contributed by atoms with Gasteiger partial charge >= 0.3 is 0 Å². The molecule has 0 aromatic heterocycles. The minimum Gasteiger partial charge on any atom is -0.269 e. The summed E-state index contributed by atoms with van der Waals surface area (Å²) in [7, 11) is 0. The number of hydrogen-bond acceptors (Lipinski definition) is 2. The molecular weight excluding hydrogens is 210 g/mol. The van der Waals surface area contributed by atoms with Crippen LogP contribution in [0.2, 0.25) is 0 Å². The summed E-state index contributed by atoms with van der Waals surface area (Å²) in [6.07, 6.45) is 5.42. The lowest BCUT2D eigenvalue weighted by Crippen LogP contribution is -2.45. The van der Waals surface area contributed by atoms with Gasteiger partial charge in [0.15, 0.2) is 0 Å². The molecule has 1 aliphatic rings. The van der Waals surface area contributed by atoms with Crippen LogP contribution in [0.3, 0.4) is 0 Å². The Balaban J connectivity index is 2.57. The van der Waals surface area contributed by atoms with E-state index in [9.17, 15) is 0 Å². The predicted molar refractivity (Wildman–Crippen MR) is 73.4 cm³/mol. The SMILES string of the molecule is C=C(C=C(C)C)CON1C(=C)CCCC1(C)C. The summed E-state index contributed by atoms with van der Waals surface area (Å²) in [5, 5.41) is 1.97. The number of hydrogen-bond donors (Lipinski definition) is 0. The molecule has 0 saturated carbocycles. The molecule has 17 heavy (non-hydrogen) atoms. The van der Waals surface area contributed by atoms with Crippen molar-refractivity contribution < 1.29 is 4.84 Å². The molecule has 0 bridgehead atoms. The lowest BCUT2D eigenvalue weighted by atomic mass is 9.91. The molecule has 0 aliphatic carbocycles. The van der Waals surface area contributed by atoms with E-state index in [2.05, 4.69) is 46.9 Å². The van der Waals surface area contributed by atoms with Gasteiger partial charge in [-0.3, -0.25) is 9.90 Å². The van der Waals surface area contributed by atoms with E-state index in [0.29, 0.717) is 6.61 Å². The van der Waals surface area contributed by atoms with Crippen LogP contribution in [0.5, 0.6) is 0 Å². The highest BCUT2D eigenvalue weighted by molar-refractivity contribution is 5.18. The fourth-order valence-electron chi connectivity index (χ4n) is 2.22. The van der Waals surface area contributed by atoms with Crippen molar-refractivity contribution in [1.29, 1.82) is 0 Å². The van der Waals surface area contributed by atoms with Crippen molar-refractivity contribution in [3.8, 4) is 0 Å². The molecule has 0 N–H and O–H groups in total. The van der Waals surface area contributed by atoms with Crippen molar-refractivity contribution in [2.75, 3.05) is 6.61 Å². The Morgan fingerprint density at radius 1 is 1.47 bits per heavy atom. The molecular formula is C15H25NO. The van der Waals surface area contributed by atoms with Gasteiger partial charge in [-0.1, -0.05) is 24.8 Å². The van der Waals surface area contributed by atoms with E-state index < -0.39 is 0 Å². The van der Waals surface area contributed by atoms with E-state index in [1.165, 1.54) is 12.0 Å². The molecule has 0 amide bonds. The van der Waals surface area contributed by atoms with Crippen LogP contribution in [0.1, 0.15) is 47.0 Å². The second kappa shape index (κ2) is 5.54. The van der Waals surface area contributed by atoms with E-state index in [1.807, 2.05) is 5.06 Å². The molecule has 96 valence electrons. The van der Waals surface area contributed by atoms with Gasteiger partial charge in [-0.2, -0.15) is 0 Å². The summed E-state index contributed by atoms with van der Waals surface area (Å²) in [5.41, 5.74) is 3.36. The smallest absolute Gasteiger partial charge is 0.0993 e. The van der Waals surface area contributed by atoms with Crippen LogP contribution in [-0.2, 0) is 4.84 Å². The van der Waals surface area contributed by atoms with Gasteiger partial charge in [0.05, 0.1) is 12.1 Å². The minimum atomic E-state index is 0.0422. The van der Waals surface area contributed by atoms with Crippen LogP contribution in [0.15, 0.2) is 36.1 Å². The first-order chi connectivity index (χ1) is 7.83. The van der Waals surface area contributed by atoms with E-state index in [4.69, 9.17) is 4.84 Å². The quantitative estimate of drug-likeness (QED) is 0.676. The molecule has 0 radical (unpaired) electrons. The first kappa shape index (κ1) is 14.0. The third kappa shape index (κ3) is 4.04. The molecule has 0 aromatic rings. The maximum Gasteiger partial charge on any atom is 0.0993 e. The monoisotopic (exact) mass is 235 g/mol. The van der Waals surface area contributed by atoms with Crippen molar-refractivity contribution in [3.05, 3.63) is 36.1 Å². The van der Waals surface area contributed by atoms with Gasteiger partial charge in [-0.25, -0.2) is 0 Å². The zero-order chi connectivity index (χ0) is 13.1. The number of rotatable bonds is 4. The summed E-state index contributed by atoms with van der Waals surface area (Å²) < 4.78 is 0. The fourth-order valence-corrected chi connectivity index (χ4v) is 2.22. The maximum atomic E-state index is 5.86. The second-order valence-corrected chi connectivity index (χ2v) is 5.68. The molecule has 0 unspecified atom stereocenters. The standard InChI is InChI=1S/C15H25NO/c1-12(2)10-13(3)11-17-16-14(4)8-7-9-15(16,5)6/h10H,3-4,7-9,11H2,1-2,5-6H3. The number of piperidine rings is 1. The maximum absolute atomic E-state index is 5.86. The van der Waals surface area contributed by atoms with E-state index in [-0.39, 0.29) is 5.54 Å². The zero-order valence-corrected chi connectivity index (χ0v) is 11.7. The largest absolute Gasteiger partial charge is 0.269 e. The molecule has 2 heteroatoms. The van der Waals surface area contributed by atoms with Crippen molar-refractivity contribution in [1.82, 2.24) is 5.06 Å². The van der Waals surface area contributed by atoms with Crippen LogP contribution in [0.25, 0.3) is 0 Å². The van der Waals surface area contributed by atoms with E-state index in [1.54, 1.807) is 0 Å². The Labute approximate surface area is 106 Å². The molecule has 1 fully saturated rings. The van der Waals surface area contributed by atoms with Gasteiger partial charge in [0, 0.05) is 5.70 Å². The average Bonchev–Trinajstić information content (AvgIpc) is 2.14. The highest BCUT2D eigenvalue weighted by Crippen LogP contribution is 2.33. The lowest BCUT2D eigenvalue weighted by molar-refractivity contribution is -0.192. The minimum absolute atomic E-state index is 0.0422. The van der Waals surface area contributed by atoms with Crippen molar-refractivity contribution >= 4 is 0 Å². The van der Waals surface area contributed by atoms with Gasteiger partial charge in [-0.15, -0.1) is 0 Å². The molecule has 0 aromatic carbocycles. The van der Waals surface area contributed by atoms with Crippen LogP contribution >= 0.6 is 0 Å². The third-order valence-electron chi connectivity index (χ3n) is 2.96. The molecule has 1 heterocycles. The number of allylic oxidation sites excluding steroid dienone is 2. The third-order valence-corrected chi connectivity index (χ3v) is 2.96. The second-order valence-electron chi connectivity index (χ2n) is 5.68. The van der Waals surface area contributed by atoms with Gasteiger partial charge in [0.2, 0.25) is 0 Å². The van der Waals surface area contributed by atoms with Crippen LogP contribution in [0, 0.1) is 0 Å². The Bertz CT molecular complexity index is 335. The lowest BCUT2D eigenvalue weighted by Gasteiger charge is -2.43. The Morgan fingerprint density at radius 2 is 2.12 bits per heavy atom. The molecule has 1 saturated heterocycles. The number of nitrogens with zero attached hydrogens (tertiary/aromatic N) is 1. The highest BCUT2D eigenvalue weighted by Gasteiger charge is 2.32. The van der Waals surface area contributed by atoms with E-state index in [0.717, 1.165) is 24.1 Å². The highest BCUT2D eigenvalue weighted by atomic mass is 16.7. The van der Waals surface area contributed by atoms with Crippen molar-refractivity contribution in [2.24, 2.45) is 0 Å². The topological polar surface area (TPSA) is 12.5 Å². The van der Waals surface area contributed by atoms with Crippen LogP contribution < -0.4 is 0 Å². The molecule has 0 spiro atoms. The predicted octanol–water partition coefficient (Wildman–Crippen LogP) is 4.22. The molecule has 0 atom stereocenters. The summed E-state index contributed by atoms with van der Waals surface area (Å²) in [4.78, 5) is 5.86. The normalized spacial score (nSPS) is 19.1. The molecule has 2 nitrogen and oxygen atoms in total. The summed E-state index contributed by atoms with van der Waals surface area (Å²) in [5.74, 6) is 0. The molecule has 1 aliphatic heterocycles. The Hall–Kier alpha value is -1.02. The van der Waals surface area contributed by atoms with Gasteiger partial charge in [0.25, 0.3) is 0 Å². The molecule has 1 rings (SSSR count). The summed E-state index contributed by atoms with van der Waals surface area (Å²) in [6.45, 7) is 17.1. The van der Waals surface area contributed by atoms with Crippen LogP contribution in [-0.4, -0.2) is 17.2 Å². The van der Waals surface area contributed by atoms with Crippen molar-refractivity contribution in [3.63, 3.8) is 0 Å². The average molecular weight is 235 g/mol. The first-order valence-corrected chi connectivity index (χ1v) is 6.26. The van der Waals surface area contributed by atoms with Gasteiger partial charge in [-0.05, 0) is 52.5 Å².